The van der Waals surface area contributed by atoms with Gasteiger partial charge in [-0.25, -0.2) is 9.37 Å². The van der Waals surface area contributed by atoms with Gasteiger partial charge in [-0.15, -0.1) is 0 Å². The third kappa shape index (κ3) is 4.33. The third-order valence-corrected chi connectivity index (χ3v) is 4.91. The Labute approximate surface area is 157 Å². The fraction of sp³-hybridized carbons (Fsp3) is 0.421. The number of aliphatic hydroxyl groups is 1. The van der Waals surface area contributed by atoms with Crippen LogP contribution in [0.4, 0.5) is 21.6 Å². The Bertz CT molecular complexity index is 838. The van der Waals surface area contributed by atoms with Crippen LogP contribution in [0.25, 0.3) is 0 Å². The van der Waals surface area contributed by atoms with Crippen molar-refractivity contribution in [2.75, 3.05) is 23.3 Å². The summed E-state index contributed by atoms with van der Waals surface area (Å²) in [5.41, 5.74) is 2.17. The lowest BCUT2D eigenvalue weighted by Crippen LogP contribution is -2.36. The van der Waals surface area contributed by atoms with Crippen LogP contribution in [0.3, 0.4) is 0 Å². The topological polar surface area (TPSA) is 91.5 Å². The number of hydrogen-bond acceptors (Lipinski definition) is 6. The first-order chi connectivity index (χ1) is 12.8. The van der Waals surface area contributed by atoms with Gasteiger partial charge in [0.25, 0.3) is 5.69 Å². The number of aromatic nitrogens is 1. The van der Waals surface area contributed by atoms with Gasteiger partial charge >= 0.3 is 0 Å². The smallest absolute Gasteiger partial charge is 0.290 e. The number of nitrogens with one attached hydrogen (secondary N) is 1. The van der Waals surface area contributed by atoms with Gasteiger partial charge in [0.15, 0.2) is 0 Å². The van der Waals surface area contributed by atoms with E-state index in [2.05, 4.69) is 15.2 Å². The molecule has 0 bridgehead atoms. The number of hydrogen-bond donors (Lipinski definition) is 2. The second-order valence-corrected chi connectivity index (χ2v) is 6.90. The highest BCUT2D eigenvalue weighted by Crippen LogP contribution is 2.31. The van der Waals surface area contributed by atoms with E-state index in [0.29, 0.717) is 37.3 Å². The molecule has 2 N–H and O–H groups in total. The van der Waals surface area contributed by atoms with E-state index in [1.54, 1.807) is 19.1 Å². The van der Waals surface area contributed by atoms with Gasteiger partial charge in [0.2, 0.25) is 0 Å². The quantitative estimate of drug-likeness (QED) is 0.614. The molecule has 1 unspecified atom stereocenters. The van der Waals surface area contributed by atoms with Gasteiger partial charge in [-0.3, -0.25) is 10.1 Å². The highest BCUT2D eigenvalue weighted by molar-refractivity contribution is 5.58. The normalized spacial score (nSPS) is 16.2. The summed E-state index contributed by atoms with van der Waals surface area (Å²) in [7, 11) is 0. The predicted octanol–water partition coefficient (Wildman–Crippen LogP) is 3.57. The predicted molar refractivity (Wildman–Crippen MR) is 102 cm³/mol. The maximum Gasteiger partial charge on any atom is 0.290 e. The molecule has 1 aliphatic heterocycles. The largest absolute Gasteiger partial charge is 0.393 e. The van der Waals surface area contributed by atoms with Crippen molar-refractivity contribution < 1.29 is 14.4 Å². The van der Waals surface area contributed by atoms with E-state index in [-0.39, 0.29) is 23.7 Å². The van der Waals surface area contributed by atoms with Crippen molar-refractivity contribution in [3.05, 3.63) is 57.5 Å². The van der Waals surface area contributed by atoms with E-state index in [0.717, 1.165) is 11.3 Å². The molecule has 8 heteroatoms. The molecular weight excluding hydrogens is 351 g/mol. The molecule has 1 aromatic carbocycles. The van der Waals surface area contributed by atoms with E-state index < -0.39 is 4.92 Å². The zero-order chi connectivity index (χ0) is 19.6. The van der Waals surface area contributed by atoms with Gasteiger partial charge in [-0.2, -0.15) is 0 Å². The Hall–Kier alpha value is -2.74. The summed E-state index contributed by atoms with van der Waals surface area (Å²) >= 11 is 0. The first-order valence-corrected chi connectivity index (χ1v) is 8.95. The molecule has 1 fully saturated rings. The third-order valence-electron chi connectivity index (χ3n) is 4.91. The molecule has 3 rings (SSSR count). The molecule has 0 saturated carbocycles. The van der Waals surface area contributed by atoms with Crippen LogP contribution in [0.5, 0.6) is 0 Å². The van der Waals surface area contributed by atoms with Crippen molar-refractivity contribution >= 4 is 17.2 Å². The average Bonchev–Trinajstić information content (AvgIpc) is 2.62. The fourth-order valence-electron chi connectivity index (χ4n) is 3.39. The monoisotopic (exact) mass is 374 g/mol. The highest BCUT2D eigenvalue weighted by Gasteiger charge is 2.22. The number of aliphatic hydroxyl groups excluding tert-OH is 1. The maximum absolute atomic E-state index is 13.9. The first-order valence-electron chi connectivity index (χ1n) is 8.95. The van der Waals surface area contributed by atoms with E-state index >= 15 is 0 Å². The lowest BCUT2D eigenvalue weighted by Gasteiger charge is -2.34. The number of pyridine rings is 1. The summed E-state index contributed by atoms with van der Waals surface area (Å²) in [5, 5.41) is 23.9. The van der Waals surface area contributed by atoms with Crippen LogP contribution in [0.15, 0.2) is 30.5 Å². The average molecular weight is 374 g/mol. The highest BCUT2D eigenvalue weighted by atomic mass is 19.1. The first kappa shape index (κ1) is 19.0. The standard InChI is InChI=1S/C19H23FN4O3/c1-12-9-19(21-11-18(12)24(26)27)22-13(2)16-10-14(20)3-4-17(16)23-7-5-15(25)6-8-23/h3-4,9-11,13,15,25H,5-8H2,1-2H3,(H,21,22). The fourth-order valence-corrected chi connectivity index (χ4v) is 3.39. The number of benzene rings is 1. The van der Waals surface area contributed by atoms with Crippen molar-refractivity contribution in [3.8, 4) is 0 Å². The SMILES string of the molecule is Cc1cc(NC(C)c2cc(F)ccc2N2CCC(O)CC2)ncc1[N+](=O)[O-]. The van der Waals surface area contributed by atoms with Gasteiger partial charge in [-0.05, 0) is 51.0 Å². The van der Waals surface area contributed by atoms with Crippen LogP contribution >= 0.6 is 0 Å². The molecular formula is C19H23FN4O3. The van der Waals surface area contributed by atoms with Crippen molar-refractivity contribution in [1.82, 2.24) is 4.98 Å². The number of piperidine rings is 1. The molecule has 0 aliphatic carbocycles. The van der Waals surface area contributed by atoms with Crippen LogP contribution in [-0.4, -0.2) is 34.2 Å². The van der Waals surface area contributed by atoms with Gasteiger partial charge in [0.1, 0.15) is 17.8 Å². The van der Waals surface area contributed by atoms with E-state index in [9.17, 15) is 19.6 Å². The molecule has 2 aromatic rings. The van der Waals surface area contributed by atoms with E-state index in [1.807, 2.05) is 6.92 Å². The van der Waals surface area contributed by atoms with Crippen molar-refractivity contribution in [2.24, 2.45) is 0 Å². The Morgan fingerprint density at radius 2 is 2.07 bits per heavy atom. The summed E-state index contributed by atoms with van der Waals surface area (Å²) in [6.07, 6.45) is 2.31. The minimum atomic E-state index is -0.467. The van der Waals surface area contributed by atoms with Gasteiger partial charge in [-0.1, -0.05) is 0 Å². The van der Waals surface area contributed by atoms with E-state index in [4.69, 9.17) is 0 Å². The molecule has 1 aromatic heterocycles. The number of nitro groups is 1. The van der Waals surface area contributed by atoms with Crippen LogP contribution in [0.2, 0.25) is 0 Å². The van der Waals surface area contributed by atoms with Crippen LogP contribution in [0.1, 0.15) is 36.9 Å². The lowest BCUT2D eigenvalue weighted by atomic mass is 10.0. The number of anilines is 2. The van der Waals surface area contributed by atoms with Crippen molar-refractivity contribution in [3.63, 3.8) is 0 Å². The number of halogens is 1. The Morgan fingerprint density at radius 1 is 1.37 bits per heavy atom. The second kappa shape index (κ2) is 7.87. The molecule has 1 aliphatic rings. The molecule has 0 spiro atoms. The molecule has 0 amide bonds. The Morgan fingerprint density at radius 3 is 2.70 bits per heavy atom. The van der Waals surface area contributed by atoms with Gasteiger partial charge in [0, 0.05) is 29.9 Å². The summed E-state index contributed by atoms with van der Waals surface area (Å²) in [5.74, 6) is 0.169. The Balaban J connectivity index is 1.84. The molecule has 1 saturated heterocycles. The summed E-state index contributed by atoms with van der Waals surface area (Å²) in [6, 6.07) is 6.05. The zero-order valence-electron chi connectivity index (χ0n) is 15.4. The van der Waals surface area contributed by atoms with Crippen LogP contribution in [-0.2, 0) is 0 Å². The molecule has 0 radical (unpaired) electrons. The maximum atomic E-state index is 13.9. The van der Waals surface area contributed by atoms with Gasteiger partial charge in [0.05, 0.1) is 17.1 Å². The second-order valence-electron chi connectivity index (χ2n) is 6.90. The number of rotatable bonds is 5. The summed E-state index contributed by atoms with van der Waals surface area (Å²) in [4.78, 5) is 16.7. The van der Waals surface area contributed by atoms with Crippen molar-refractivity contribution in [2.45, 2.75) is 38.8 Å². The lowest BCUT2D eigenvalue weighted by molar-refractivity contribution is -0.385. The Kier molecular flexibility index (Phi) is 5.55. The minimum absolute atomic E-state index is 0.0356. The zero-order valence-corrected chi connectivity index (χ0v) is 15.4. The molecule has 1 atom stereocenters. The number of aryl methyl sites for hydroxylation is 1. The van der Waals surface area contributed by atoms with Crippen LogP contribution in [0, 0.1) is 22.9 Å². The molecule has 7 nitrogen and oxygen atoms in total. The summed E-state index contributed by atoms with van der Waals surface area (Å²) in [6.45, 7) is 4.97. The molecule has 27 heavy (non-hydrogen) atoms. The summed E-state index contributed by atoms with van der Waals surface area (Å²) < 4.78 is 13.9. The molecule has 144 valence electrons. The minimum Gasteiger partial charge on any atom is -0.393 e. The van der Waals surface area contributed by atoms with E-state index in [1.165, 1.54) is 18.3 Å². The molecule has 2 heterocycles. The van der Waals surface area contributed by atoms with Gasteiger partial charge < -0.3 is 15.3 Å². The van der Waals surface area contributed by atoms with Crippen LogP contribution < -0.4 is 10.2 Å². The number of nitrogens with zero attached hydrogens (tertiary/aromatic N) is 3. The van der Waals surface area contributed by atoms with Crippen molar-refractivity contribution in [1.29, 1.82) is 0 Å².